The Hall–Kier alpha value is -1.68. The molecule has 1 aromatic rings. The SMILES string of the molecule is C=C1/C(=C/C=C2\CCC[C@]3(C)[C@@H](C(C)Cc4cccc(C(C)(C)O)c4)CC[C@@H]23)C[C@@H](O)C[C@@H]1O. The zero-order valence-electron chi connectivity index (χ0n) is 21.6. The molecule has 4 rings (SSSR count). The molecule has 0 saturated heterocycles. The first-order chi connectivity index (χ1) is 16.0. The van der Waals surface area contributed by atoms with Crippen molar-refractivity contribution in [3.05, 3.63) is 70.8 Å². The van der Waals surface area contributed by atoms with Gasteiger partial charge >= 0.3 is 0 Å². The number of rotatable bonds is 5. The van der Waals surface area contributed by atoms with E-state index in [1.165, 1.54) is 31.2 Å². The lowest BCUT2D eigenvalue weighted by Crippen LogP contribution is -2.36. The molecule has 186 valence electrons. The Kier molecular flexibility index (Phi) is 7.29. The van der Waals surface area contributed by atoms with Gasteiger partial charge in [0.2, 0.25) is 0 Å². The molecular formula is C31H44O3. The second kappa shape index (κ2) is 9.76. The predicted octanol–water partition coefficient (Wildman–Crippen LogP) is 6.23. The summed E-state index contributed by atoms with van der Waals surface area (Å²) in [6, 6.07) is 8.49. The first kappa shape index (κ1) is 25.4. The highest BCUT2D eigenvalue weighted by atomic mass is 16.3. The van der Waals surface area contributed by atoms with Gasteiger partial charge in [-0.1, -0.05) is 62.4 Å². The van der Waals surface area contributed by atoms with Gasteiger partial charge in [0, 0.05) is 6.42 Å². The van der Waals surface area contributed by atoms with Crippen LogP contribution < -0.4 is 0 Å². The molecule has 0 amide bonds. The number of benzene rings is 1. The highest BCUT2D eigenvalue weighted by Crippen LogP contribution is 2.59. The maximum absolute atomic E-state index is 10.4. The van der Waals surface area contributed by atoms with Crippen molar-refractivity contribution >= 4 is 0 Å². The molecule has 3 heteroatoms. The summed E-state index contributed by atoms with van der Waals surface area (Å²) in [5.41, 5.74) is 5.14. The summed E-state index contributed by atoms with van der Waals surface area (Å²) in [5, 5.41) is 30.7. The minimum Gasteiger partial charge on any atom is -0.393 e. The number of hydrogen-bond donors (Lipinski definition) is 3. The Morgan fingerprint density at radius 3 is 2.71 bits per heavy atom. The highest BCUT2D eigenvalue weighted by molar-refractivity contribution is 5.38. The van der Waals surface area contributed by atoms with Gasteiger partial charge in [0.25, 0.3) is 0 Å². The minimum absolute atomic E-state index is 0.318. The average molecular weight is 465 g/mol. The van der Waals surface area contributed by atoms with Gasteiger partial charge in [-0.2, -0.15) is 0 Å². The number of aliphatic hydroxyl groups is 3. The molecule has 0 aromatic heterocycles. The lowest BCUT2D eigenvalue weighted by atomic mass is 9.60. The monoisotopic (exact) mass is 464 g/mol. The summed E-state index contributed by atoms with van der Waals surface area (Å²) < 4.78 is 0. The Bertz CT molecular complexity index is 965. The normalized spacial score (nSPS) is 35.6. The number of hydrogen-bond acceptors (Lipinski definition) is 3. The third-order valence-electron chi connectivity index (χ3n) is 9.18. The van der Waals surface area contributed by atoms with Gasteiger partial charge in [-0.25, -0.2) is 0 Å². The maximum Gasteiger partial charge on any atom is 0.0840 e. The van der Waals surface area contributed by atoms with Crippen LogP contribution in [-0.2, 0) is 12.0 Å². The van der Waals surface area contributed by atoms with E-state index in [1.54, 1.807) is 5.57 Å². The van der Waals surface area contributed by atoms with Crippen LogP contribution in [0.15, 0.2) is 59.7 Å². The first-order valence-corrected chi connectivity index (χ1v) is 13.3. The standard InChI is InChI=1S/C31H44O3/c1-20(16-22-8-6-10-25(17-22)30(3,4)34)27-13-14-28-23(9-7-15-31(27,28)5)11-12-24-18-26(32)19-29(33)21(24)2/h6,8,10-12,17,20,26-29,32-34H,2,7,9,13-16,18-19H2,1,3-5H3/b23-11+,24-12+/t20?,26-,27-,28+,29+,31-/m1/s1. The van der Waals surface area contributed by atoms with Crippen molar-refractivity contribution in [2.45, 2.75) is 96.9 Å². The van der Waals surface area contributed by atoms with Gasteiger partial charge < -0.3 is 15.3 Å². The van der Waals surface area contributed by atoms with Crippen molar-refractivity contribution in [1.82, 2.24) is 0 Å². The van der Waals surface area contributed by atoms with E-state index < -0.39 is 17.8 Å². The van der Waals surface area contributed by atoms with E-state index in [0.29, 0.717) is 36.0 Å². The fraction of sp³-hybridized carbons (Fsp3) is 0.613. The average Bonchev–Trinajstić information content (AvgIpc) is 3.12. The molecule has 3 aliphatic carbocycles. The molecule has 6 atom stereocenters. The van der Waals surface area contributed by atoms with Crippen molar-refractivity contribution in [2.75, 3.05) is 0 Å². The van der Waals surface area contributed by atoms with E-state index in [2.05, 4.69) is 50.8 Å². The molecule has 34 heavy (non-hydrogen) atoms. The fourth-order valence-corrected chi connectivity index (χ4v) is 7.27. The van der Waals surface area contributed by atoms with Gasteiger partial charge in [-0.3, -0.25) is 0 Å². The van der Waals surface area contributed by atoms with E-state index >= 15 is 0 Å². The molecule has 0 radical (unpaired) electrons. The molecular weight excluding hydrogens is 420 g/mol. The molecule has 1 aromatic carbocycles. The van der Waals surface area contributed by atoms with E-state index in [9.17, 15) is 15.3 Å². The predicted molar refractivity (Wildman–Crippen MR) is 139 cm³/mol. The van der Waals surface area contributed by atoms with Crippen LogP contribution in [0.4, 0.5) is 0 Å². The van der Waals surface area contributed by atoms with E-state index in [-0.39, 0.29) is 0 Å². The van der Waals surface area contributed by atoms with E-state index in [0.717, 1.165) is 29.6 Å². The highest BCUT2D eigenvalue weighted by Gasteiger charge is 2.50. The summed E-state index contributed by atoms with van der Waals surface area (Å²) in [6.07, 6.45) is 11.5. The van der Waals surface area contributed by atoms with Crippen molar-refractivity contribution in [1.29, 1.82) is 0 Å². The smallest absolute Gasteiger partial charge is 0.0840 e. The van der Waals surface area contributed by atoms with Gasteiger partial charge in [0.1, 0.15) is 0 Å². The van der Waals surface area contributed by atoms with Gasteiger partial charge in [0.15, 0.2) is 0 Å². The Morgan fingerprint density at radius 1 is 1.21 bits per heavy atom. The molecule has 0 spiro atoms. The second-order valence-electron chi connectivity index (χ2n) is 12.1. The Labute approximate surface area is 206 Å². The molecule has 0 bridgehead atoms. The summed E-state index contributed by atoms with van der Waals surface area (Å²) in [7, 11) is 0. The summed E-state index contributed by atoms with van der Waals surface area (Å²) >= 11 is 0. The second-order valence-corrected chi connectivity index (χ2v) is 12.1. The van der Waals surface area contributed by atoms with Crippen molar-refractivity contribution in [3.63, 3.8) is 0 Å². The largest absolute Gasteiger partial charge is 0.393 e. The number of allylic oxidation sites excluding steroid dienone is 3. The van der Waals surface area contributed by atoms with Gasteiger partial charge in [-0.05, 0) is 104 Å². The molecule has 0 heterocycles. The van der Waals surface area contributed by atoms with Crippen LogP contribution in [0.2, 0.25) is 0 Å². The molecule has 3 N–H and O–H groups in total. The van der Waals surface area contributed by atoms with Crippen molar-refractivity contribution < 1.29 is 15.3 Å². The molecule has 3 saturated carbocycles. The van der Waals surface area contributed by atoms with Gasteiger partial charge in [0.05, 0.1) is 17.8 Å². The maximum atomic E-state index is 10.4. The topological polar surface area (TPSA) is 60.7 Å². The van der Waals surface area contributed by atoms with Crippen LogP contribution in [-0.4, -0.2) is 27.5 Å². The Balaban J connectivity index is 1.51. The third-order valence-corrected chi connectivity index (χ3v) is 9.18. The fourth-order valence-electron chi connectivity index (χ4n) is 7.27. The third kappa shape index (κ3) is 5.12. The molecule has 3 nitrogen and oxygen atoms in total. The Morgan fingerprint density at radius 2 is 1.97 bits per heavy atom. The van der Waals surface area contributed by atoms with Crippen LogP contribution in [0.5, 0.6) is 0 Å². The van der Waals surface area contributed by atoms with E-state index in [1.807, 2.05) is 19.9 Å². The van der Waals surface area contributed by atoms with Crippen LogP contribution in [0, 0.1) is 23.2 Å². The first-order valence-electron chi connectivity index (χ1n) is 13.3. The van der Waals surface area contributed by atoms with Crippen molar-refractivity contribution in [3.8, 4) is 0 Å². The van der Waals surface area contributed by atoms with Crippen molar-refractivity contribution in [2.24, 2.45) is 23.2 Å². The lowest BCUT2D eigenvalue weighted by molar-refractivity contribution is 0.0782. The molecule has 1 unspecified atom stereocenters. The zero-order valence-corrected chi connectivity index (χ0v) is 21.6. The van der Waals surface area contributed by atoms with Crippen LogP contribution in [0.3, 0.4) is 0 Å². The summed E-state index contributed by atoms with van der Waals surface area (Å²) in [5.74, 6) is 1.89. The number of aliphatic hydroxyl groups excluding tert-OH is 2. The summed E-state index contributed by atoms with van der Waals surface area (Å²) in [6.45, 7) is 12.7. The van der Waals surface area contributed by atoms with Crippen LogP contribution in [0.1, 0.15) is 83.8 Å². The van der Waals surface area contributed by atoms with Crippen LogP contribution >= 0.6 is 0 Å². The summed E-state index contributed by atoms with van der Waals surface area (Å²) in [4.78, 5) is 0. The van der Waals surface area contributed by atoms with E-state index in [4.69, 9.17) is 0 Å². The van der Waals surface area contributed by atoms with Crippen LogP contribution in [0.25, 0.3) is 0 Å². The number of fused-ring (bicyclic) bond motifs is 1. The quantitative estimate of drug-likeness (QED) is 0.484. The zero-order chi connectivity index (χ0) is 24.7. The minimum atomic E-state index is -0.809. The molecule has 0 aliphatic heterocycles. The molecule has 3 aliphatic rings. The van der Waals surface area contributed by atoms with Gasteiger partial charge in [-0.15, -0.1) is 0 Å². The lowest BCUT2D eigenvalue weighted by Gasteiger charge is -2.44. The molecule has 3 fully saturated rings.